The molecule has 2 atom stereocenters. The van der Waals surface area contributed by atoms with Crippen LogP contribution < -0.4 is 5.32 Å². The van der Waals surface area contributed by atoms with E-state index in [4.69, 9.17) is 5.53 Å². The van der Waals surface area contributed by atoms with E-state index in [0.717, 1.165) is 12.1 Å². The van der Waals surface area contributed by atoms with Gasteiger partial charge in [0.1, 0.15) is 0 Å². The average molecular weight is 316 g/mol. The van der Waals surface area contributed by atoms with Crippen molar-refractivity contribution in [3.05, 3.63) is 94.4 Å². The molecule has 3 rings (SSSR count). The first-order valence-corrected chi connectivity index (χ1v) is 8.06. The molecule has 3 aromatic carbocycles. The van der Waals surface area contributed by atoms with Gasteiger partial charge >= 0.3 is 0 Å². The van der Waals surface area contributed by atoms with Gasteiger partial charge in [-0.05, 0) is 34.5 Å². The minimum atomic E-state index is -0.246. The number of likely N-dealkylation sites (N-methyl/N-ethyl adjacent to an activating group) is 1. The Bertz CT molecular complexity index is 854. The first-order chi connectivity index (χ1) is 11.8. The molecule has 0 spiro atoms. The molecule has 0 aliphatic rings. The third-order valence-electron chi connectivity index (χ3n) is 4.32. The zero-order chi connectivity index (χ0) is 16.8. The summed E-state index contributed by atoms with van der Waals surface area (Å²) in [5.74, 6) is 0.0675. The third-order valence-corrected chi connectivity index (χ3v) is 4.32. The third kappa shape index (κ3) is 3.40. The minimum Gasteiger partial charge on any atom is -0.319 e. The fraction of sp³-hybridized carbons (Fsp3) is 0.200. The van der Waals surface area contributed by atoms with Crippen LogP contribution in [-0.2, 0) is 0 Å². The zero-order valence-corrected chi connectivity index (χ0v) is 13.6. The molecule has 0 amide bonds. The second-order valence-corrected chi connectivity index (χ2v) is 5.83. The molecule has 4 nitrogen and oxygen atoms in total. The number of azide groups is 1. The Labute approximate surface area is 141 Å². The van der Waals surface area contributed by atoms with Gasteiger partial charge in [-0.15, -0.1) is 0 Å². The molecule has 0 radical (unpaired) electrons. The van der Waals surface area contributed by atoms with Crippen molar-refractivity contribution >= 4 is 10.8 Å². The number of rotatable bonds is 6. The van der Waals surface area contributed by atoms with Crippen LogP contribution in [0.2, 0.25) is 0 Å². The Hall–Kier alpha value is -2.81. The van der Waals surface area contributed by atoms with Gasteiger partial charge in [-0.3, -0.25) is 0 Å². The second-order valence-electron chi connectivity index (χ2n) is 5.83. The quantitative estimate of drug-likeness (QED) is 0.379. The summed E-state index contributed by atoms with van der Waals surface area (Å²) in [4.78, 5) is 3.10. The van der Waals surface area contributed by atoms with Crippen molar-refractivity contribution in [1.82, 2.24) is 5.32 Å². The van der Waals surface area contributed by atoms with E-state index < -0.39 is 0 Å². The maximum absolute atomic E-state index is 9.07. The first-order valence-electron chi connectivity index (χ1n) is 8.06. The van der Waals surface area contributed by atoms with Crippen molar-refractivity contribution in [2.45, 2.75) is 12.0 Å². The monoisotopic (exact) mass is 316 g/mol. The molecule has 24 heavy (non-hydrogen) atoms. The fourth-order valence-electron chi connectivity index (χ4n) is 3.16. The average Bonchev–Trinajstić information content (AvgIpc) is 2.65. The Kier molecular flexibility index (Phi) is 5.12. The van der Waals surface area contributed by atoms with E-state index >= 15 is 0 Å². The summed E-state index contributed by atoms with van der Waals surface area (Å²) in [5, 5.41) is 9.76. The highest BCUT2D eigenvalue weighted by atomic mass is 15.2. The molecule has 120 valence electrons. The van der Waals surface area contributed by atoms with Gasteiger partial charge in [0.25, 0.3) is 0 Å². The number of nitrogens with zero attached hydrogens (tertiary/aromatic N) is 3. The smallest absolute Gasteiger partial charge is 0.0706 e. The number of hydrogen-bond donors (Lipinski definition) is 1. The standard InChI is InChI=1S/C20H20N4/c1-22-14-19(20(23-24-21)16-8-3-2-4-9-16)18-12-11-15-7-5-6-10-17(15)13-18/h2-13,19-20,22H,14H2,1H3/t19-,20-/m1/s1. The van der Waals surface area contributed by atoms with Crippen LogP contribution >= 0.6 is 0 Å². The van der Waals surface area contributed by atoms with Gasteiger partial charge in [0.2, 0.25) is 0 Å². The number of nitrogens with one attached hydrogen (secondary N) is 1. The summed E-state index contributed by atoms with van der Waals surface area (Å²) in [6.07, 6.45) is 0. The van der Waals surface area contributed by atoms with Gasteiger partial charge in [-0.25, -0.2) is 0 Å². The molecular formula is C20H20N4. The summed E-state index contributed by atoms with van der Waals surface area (Å²) in [6, 6.07) is 24.5. The Morgan fingerprint density at radius 1 is 0.917 bits per heavy atom. The molecule has 0 unspecified atom stereocenters. The lowest BCUT2D eigenvalue weighted by atomic mass is 9.86. The summed E-state index contributed by atoms with van der Waals surface area (Å²) in [5.41, 5.74) is 11.3. The Balaban J connectivity index is 2.07. The van der Waals surface area contributed by atoms with Gasteiger partial charge in [0.15, 0.2) is 0 Å². The molecule has 0 aliphatic carbocycles. The van der Waals surface area contributed by atoms with Crippen LogP contribution in [0.3, 0.4) is 0 Å². The molecule has 0 aliphatic heterocycles. The van der Waals surface area contributed by atoms with Crippen LogP contribution in [0.15, 0.2) is 77.9 Å². The van der Waals surface area contributed by atoms with Crippen molar-refractivity contribution in [3.63, 3.8) is 0 Å². The van der Waals surface area contributed by atoms with Crippen molar-refractivity contribution in [2.24, 2.45) is 5.11 Å². The summed E-state index contributed by atoms with van der Waals surface area (Å²) < 4.78 is 0. The fourth-order valence-corrected chi connectivity index (χ4v) is 3.16. The SMILES string of the molecule is CNC[C@H](c1ccc2ccccc2c1)[C@H](N=[N+]=[N-])c1ccccc1. The van der Waals surface area contributed by atoms with Gasteiger partial charge < -0.3 is 5.32 Å². The van der Waals surface area contributed by atoms with Crippen LogP contribution in [-0.4, -0.2) is 13.6 Å². The van der Waals surface area contributed by atoms with Crippen molar-refractivity contribution in [2.75, 3.05) is 13.6 Å². The van der Waals surface area contributed by atoms with Gasteiger partial charge in [0, 0.05) is 17.4 Å². The van der Waals surface area contributed by atoms with Crippen LogP contribution in [0, 0.1) is 0 Å². The zero-order valence-electron chi connectivity index (χ0n) is 13.6. The maximum atomic E-state index is 9.07. The molecule has 0 heterocycles. The Morgan fingerprint density at radius 3 is 2.33 bits per heavy atom. The first kappa shape index (κ1) is 16.1. The summed E-state index contributed by atoms with van der Waals surface area (Å²) in [6.45, 7) is 0.733. The molecule has 0 aromatic heterocycles. The van der Waals surface area contributed by atoms with E-state index in [-0.39, 0.29) is 12.0 Å². The predicted octanol–water partition coefficient (Wildman–Crippen LogP) is 5.19. The van der Waals surface area contributed by atoms with E-state index in [9.17, 15) is 0 Å². The van der Waals surface area contributed by atoms with Crippen LogP contribution in [0.1, 0.15) is 23.1 Å². The maximum Gasteiger partial charge on any atom is 0.0706 e. The normalized spacial score (nSPS) is 13.2. The minimum absolute atomic E-state index is 0.0675. The summed E-state index contributed by atoms with van der Waals surface area (Å²) in [7, 11) is 1.92. The lowest BCUT2D eigenvalue weighted by molar-refractivity contribution is 0.525. The van der Waals surface area contributed by atoms with Gasteiger partial charge in [-0.2, -0.15) is 0 Å². The molecule has 0 saturated carbocycles. The van der Waals surface area contributed by atoms with Gasteiger partial charge in [0.05, 0.1) is 6.04 Å². The van der Waals surface area contributed by atoms with Gasteiger partial charge in [-0.1, -0.05) is 77.9 Å². The molecule has 4 heteroatoms. The molecule has 3 aromatic rings. The molecule has 0 fully saturated rings. The number of fused-ring (bicyclic) bond motifs is 1. The summed E-state index contributed by atoms with van der Waals surface area (Å²) >= 11 is 0. The second kappa shape index (κ2) is 7.64. The lowest BCUT2D eigenvalue weighted by Crippen LogP contribution is -2.22. The molecule has 1 N–H and O–H groups in total. The van der Waals surface area contributed by atoms with E-state index in [2.05, 4.69) is 45.7 Å². The topological polar surface area (TPSA) is 60.8 Å². The lowest BCUT2D eigenvalue weighted by Gasteiger charge is -2.24. The Morgan fingerprint density at radius 2 is 1.62 bits per heavy atom. The highest BCUT2D eigenvalue weighted by molar-refractivity contribution is 5.83. The van der Waals surface area contributed by atoms with Crippen LogP contribution in [0.5, 0.6) is 0 Å². The highest BCUT2D eigenvalue weighted by Crippen LogP contribution is 2.35. The van der Waals surface area contributed by atoms with Crippen molar-refractivity contribution in [1.29, 1.82) is 0 Å². The van der Waals surface area contributed by atoms with E-state index in [1.54, 1.807) is 0 Å². The molecule has 0 bridgehead atoms. The number of hydrogen-bond acceptors (Lipinski definition) is 2. The van der Waals surface area contributed by atoms with Crippen molar-refractivity contribution in [3.8, 4) is 0 Å². The largest absolute Gasteiger partial charge is 0.319 e. The van der Waals surface area contributed by atoms with Crippen LogP contribution in [0.25, 0.3) is 21.2 Å². The van der Waals surface area contributed by atoms with E-state index in [1.807, 2.05) is 49.5 Å². The van der Waals surface area contributed by atoms with Crippen molar-refractivity contribution < 1.29 is 0 Å². The van der Waals surface area contributed by atoms with Crippen LogP contribution in [0.4, 0.5) is 0 Å². The predicted molar refractivity (Wildman–Crippen MR) is 98.9 cm³/mol. The highest BCUT2D eigenvalue weighted by Gasteiger charge is 2.23. The molecular weight excluding hydrogens is 296 g/mol. The molecule has 0 saturated heterocycles. The van der Waals surface area contributed by atoms with E-state index in [1.165, 1.54) is 16.3 Å². The van der Waals surface area contributed by atoms with E-state index in [0.29, 0.717) is 0 Å². The number of benzene rings is 3.